The summed E-state index contributed by atoms with van der Waals surface area (Å²) in [6.07, 6.45) is 1.21. The standard InChI is InChI=1S/C9H15N3O3/c1-6(4-13-2)15-9-7(10)8(14-3)11-5-12-9/h5-6H,4,10H2,1-3H3. The molecule has 6 nitrogen and oxygen atoms in total. The van der Waals surface area contributed by atoms with E-state index in [1.54, 1.807) is 7.11 Å². The Balaban J connectivity index is 2.76. The number of nitrogens with two attached hydrogens (primary N) is 1. The second-order valence-electron chi connectivity index (χ2n) is 2.99. The molecule has 1 heterocycles. The van der Waals surface area contributed by atoms with Gasteiger partial charge in [-0.05, 0) is 6.92 Å². The molecule has 0 spiro atoms. The van der Waals surface area contributed by atoms with E-state index in [1.165, 1.54) is 13.4 Å². The van der Waals surface area contributed by atoms with Crippen LogP contribution in [-0.4, -0.2) is 36.9 Å². The molecule has 1 aromatic heterocycles. The maximum Gasteiger partial charge on any atom is 0.244 e. The number of hydrogen-bond acceptors (Lipinski definition) is 6. The van der Waals surface area contributed by atoms with Crippen molar-refractivity contribution in [1.29, 1.82) is 0 Å². The van der Waals surface area contributed by atoms with Crippen LogP contribution < -0.4 is 15.2 Å². The van der Waals surface area contributed by atoms with Crippen molar-refractivity contribution in [3.05, 3.63) is 6.33 Å². The molecular formula is C9H15N3O3. The Morgan fingerprint density at radius 3 is 2.60 bits per heavy atom. The lowest BCUT2D eigenvalue weighted by atomic mass is 10.4. The highest BCUT2D eigenvalue weighted by molar-refractivity contribution is 5.55. The van der Waals surface area contributed by atoms with Gasteiger partial charge in [0.2, 0.25) is 11.8 Å². The van der Waals surface area contributed by atoms with Crippen molar-refractivity contribution in [2.45, 2.75) is 13.0 Å². The Labute approximate surface area is 88.4 Å². The number of aromatic nitrogens is 2. The van der Waals surface area contributed by atoms with Gasteiger partial charge in [0.25, 0.3) is 0 Å². The number of methoxy groups -OCH3 is 2. The molecule has 1 atom stereocenters. The molecule has 15 heavy (non-hydrogen) atoms. The molecule has 0 saturated carbocycles. The molecule has 1 unspecified atom stereocenters. The van der Waals surface area contributed by atoms with Crippen molar-refractivity contribution < 1.29 is 14.2 Å². The average Bonchev–Trinajstić information content (AvgIpc) is 2.21. The third-order valence-electron chi connectivity index (χ3n) is 1.72. The maximum absolute atomic E-state index is 5.72. The fourth-order valence-electron chi connectivity index (χ4n) is 1.08. The van der Waals surface area contributed by atoms with E-state index in [4.69, 9.17) is 19.9 Å². The highest BCUT2D eigenvalue weighted by atomic mass is 16.5. The SMILES string of the molecule is COCC(C)Oc1ncnc(OC)c1N. The smallest absolute Gasteiger partial charge is 0.244 e. The molecule has 1 aromatic rings. The first-order chi connectivity index (χ1) is 7.19. The van der Waals surface area contributed by atoms with Crippen molar-refractivity contribution in [1.82, 2.24) is 9.97 Å². The van der Waals surface area contributed by atoms with E-state index >= 15 is 0 Å². The van der Waals surface area contributed by atoms with Crippen LogP contribution in [0.2, 0.25) is 0 Å². The van der Waals surface area contributed by atoms with Crippen LogP contribution in [0.4, 0.5) is 5.69 Å². The van der Waals surface area contributed by atoms with Gasteiger partial charge in [0, 0.05) is 7.11 Å². The van der Waals surface area contributed by atoms with Gasteiger partial charge in [-0.25, -0.2) is 0 Å². The minimum absolute atomic E-state index is 0.128. The first-order valence-corrected chi connectivity index (χ1v) is 4.49. The van der Waals surface area contributed by atoms with Crippen LogP contribution in [0, 0.1) is 0 Å². The largest absolute Gasteiger partial charge is 0.479 e. The highest BCUT2D eigenvalue weighted by Crippen LogP contribution is 2.26. The molecule has 0 bridgehead atoms. The van der Waals surface area contributed by atoms with Crippen LogP contribution in [0.1, 0.15) is 6.92 Å². The van der Waals surface area contributed by atoms with Crippen molar-refractivity contribution in [2.24, 2.45) is 0 Å². The summed E-state index contributed by atoms with van der Waals surface area (Å²) in [5.74, 6) is 0.621. The zero-order valence-corrected chi connectivity index (χ0v) is 9.06. The second kappa shape index (κ2) is 5.35. The Morgan fingerprint density at radius 1 is 1.33 bits per heavy atom. The lowest BCUT2D eigenvalue weighted by Crippen LogP contribution is -2.19. The summed E-state index contributed by atoms with van der Waals surface area (Å²) in [6, 6.07) is 0. The predicted molar refractivity (Wildman–Crippen MR) is 55.0 cm³/mol. The number of hydrogen-bond donors (Lipinski definition) is 1. The number of rotatable bonds is 5. The van der Waals surface area contributed by atoms with E-state index in [0.29, 0.717) is 24.1 Å². The summed E-state index contributed by atoms with van der Waals surface area (Å²) in [5.41, 5.74) is 6.02. The van der Waals surface area contributed by atoms with Crippen molar-refractivity contribution in [3.8, 4) is 11.8 Å². The Bertz CT molecular complexity index is 319. The van der Waals surface area contributed by atoms with Crippen LogP contribution in [0.5, 0.6) is 11.8 Å². The van der Waals surface area contributed by atoms with Crippen molar-refractivity contribution >= 4 is 5.69 Å². The maximum atomic E-state index is 5.72. The van der Waals surface area contributed by atoms with E-state index in [9.17, 15) is 0 Å². The predicted octanol–water partition coefficient (Wildman–Crippen LogP) is 0.481. The topological polar surface area (TPSA) is 79.5 Å². The minimum atomic E-state index is -0.128. The van der Waals surface area contributed by atoms with Crippen molar-refractivity contribution in [2.75, 3.05) is 26.6 Å². The first kappa shape index (κ1) is 11.5. The summed E-state index contributed by atoms with van der Waals surface area (Å²) in [4.78, 5) is 7.76. The van der Waals surface area contributed by atoms with Gasteiger partial charge < -0.3 is 19.9 Å². The molecule has 0 fully saturated rings. The van der Waals surface area contributed by atoms with Crippen LogP contribution >= 0.6 is 0 Å². The number of ether oxygens (including phenoxy) is 3. The Hall–Kier alpha value is -1.56. The molecule has 84 valence electrons. The average molecular weight is 213 g/mol. The van der Waals surface area contributed by atoms with Gasteiger partial charge in [-0.2, -0.15) is 9.97 Å². The summed E-state index contributed by atoms with van der Waals surface area (Å²) in [7, 11) is 3.09. The first-order valence-electron chi connectivity index (χ1n) is 4.49. The van der Waals surface area contributed by atoms with Crippen LogP contribution in [0.3, 0.4) is 0 Å². The lowest BCUT2D eigenvalue weighted by molar-refractivity contribution is 0.0892. The van der Waals surface area contributed by atoms with Gasteiger partial charge in [0.15, 0.2) is 5.69 Å². The van der Waals surface area contributed by atoms with Gasteiger partial charge in [0.05, 0.1) is 13.7 Å². The van der Waals surface area contributed by atoms with E-state index in [2.05, 4.69) is 9.97 Å². The summed E-state index contributed by atoms with van der Waals surface area (Å²) < 4.78 is 15.3. The molecule has 0 radical (unpaired) electrons. The molecule has 0 aliphatic carbocycles. The molecule has 6 heteroatoms. The van der Waals surface area contributed by atoms with E-state index in [-0.39, 0.29) is 6.10 Å². The third kappa shape index (κ3) is 2.95. The van der Waals surface area contributed by atoms with E-state index < -0.39 is 0 Å². The Kier molecular flexibility index (Phi) is 4.11. The fraction of sp³-hybridized carbons (Fsp3) is 0.556. The quantitative estimate of drug-likeness (QED) is 0.766. The molecule has 0 aliphatic heterocycles. The molecule has 0 saturated heterocycles. The van der Waals surface area contributed by atoms with Gasteiger partial charge in [0.1, 0.15) is 12.4 Å². The summed E-state index contributed by atoms with van der Waals surface area (Å²) in [6.45, 7) is 2.32. The van der Waals surface area contributed by atoms with Gasteiger partial charge in [-0.15, -0.1) is 0 Å². The van der Waals surface area contributed by atoms with Gasteiger partial charge >= 0.3 is 0 Å². The van der Waals surface area contributed by atoms with Gasteiger partial charge in [-0.3, -0.25) is 0 Å². The van der Waals surface area contributed by atoms with Crippen LogP contribution in [-0.2, 0) is 4.74 Å². The molecule has 1 rings (SSSR count). The Morgan fingerprint density at radius 2 is 2.00 bits per heavy atom. The van der Waals surface area contributed by atoms with Gasteiger partial charge in [-0.1, -0.05) is 0 Å². The zero-order chi connectivity index (χ0) is 11.3. The molecular weight excluding hydrogens is 198 g/mol. The number of anilines is 1. The number of nitrogen functional groups attached to an aromatic ring is 1. The second-order valence-corrected chi connectivity index (χ2v) is 2.99. The normalized spacial score (nSPS) is 12.2. The molecule has 2 N–H and O–H groups in total. The third-order valence-corrected chi connectivity index (χ3v) is 1.72. The van der Waals surface area contributed by atoms with E-state index in [1.807, 2.05) is 6.92 Å². The summed E-state index contributed by atoms with van der Waals surface area (Å²) in [5, 5.41) is 0. The summed E-state index contributed by atoms with van der Waals surface area (Å²) >= 11 is 0. The van der Waals surface area contributed by atoms with Crippen molar-refractivity contribution in [3.63, 3.8) is 0 Å². The van der Waals surface area contributed by atoms with E-state index in [0.717, 1.165) is 0 Å². The molecule has 0 aliphatic rings. The lowest BCUT2D eigenvalue weighted by Gasteiger charge is -2.14. The minimum Gasteiger partial charge on any atom is -0.479 e. The van der Waals surface area contributed by atoms with Crippen LogP contribution in [0.15, 0.2) is 6.33 Å². The van der Waals surface area contributed by atoms with Crippen LogP contribution in [0.25, 0.3) is 0 Å². The molecule has 0 aromatic carbocycles. The monoisotopic (exact) mass is 213 g/mol. The highest BCUT2D eigenvalue weighted by Gasteiger charge is 2.12. The number of nitrogens with zero attached hydrogens (tertiary/aromatic N) is 2. The fourth-order valence-corrected chi connectivity index (χ4v) is 1.08. The zero-order valence-electron chi connectivity index (χ0n) is 9.06. The molecule has 0 amide bonds.